The third kappa shape index (κ3) is 5.77. The van der Waals surface area contributed by atoms with E-state index in [0.717, 1.165) is 36.0 Å². The van der Waals surface area contributed by atoms with Gasteiger partial charge in [0.2, 0.25) is 16.9 Å². The fourth-order valence-electron chi connectivity index (χ4n) is 3.91. The molecule has 2 aliphatic rings. The summed E-state index contributed by atoms with van der Waals surface area (Å²) in [6.45, 7) is 3.51. The summed E-state index contributed by atoms with van der Waals surface area (Å²) in [5.41, 5.74) is 0. The molecule has 0 aromatic rings. The summed E-state index contributed by atoms with van der Waals surface area (Å²) in [4.78, 5) is 61.5. The monoisotopic (exact) mass is 427 g/mol. The van der Waals surface area contributed by atoms with Crippen LogP contribution in [0.25, 0.3) is 0 Å². The van der Waals surface area contributed by atoms with E-state index in [1.54, 1.807) is 6.92 Å². The molecule has 0 spiro atoms. The Morgan fingerprint density at radius 2 is 1.76 bits per heavy atom. The van der Waals surface area contributed by atoms with Crippen LogP contribution in [0.15, 0.2) is 5.29 Å². The topological polar surface area (TPSA) is 124 Å². The third-order valence-corrected chi connectivity index (χ3v) is 6.99. The largest absolute Gasteiger partial charge is 0.480 e. The number of carbonyl (C=O) groups is 4. The fraction of sp³-hybridized carbons (Fsp3) is 0.789. The lowest BCUT2D eigenvalue weighted by atomic mass is 9.88. The first kappa shape index (κ1) is 23.3. The lowest BCUT2D eigenvalue weighted by Crippen LogP contribution is -2.44. The number of carboxylic acid groups (broad SMARTS) is 1. The maximum Gasteiger partial charge on any atom is 0.326 e. The molecule has 0 bridgehead atoms. The predicted octanol–water partition coefficient (Wildman–Crippen LogP) is 2.44. The number of thioether (sulfide) groups is 1. The Balaban J connectivity index is 1.89. The molecule has 0 unspecified atom stereocenters. The van der Waals surface area contributed by atoms with Crippen LogP contribution in [0, 0.1) is 16.7 Å². The molecule has 1 heterocycles. The van der Waals surface area contributed by atoms with Crippen molar-refractivity contribution in [2.45, 2.75) is 70.9 Å². The Kier molecular flexibility index (Phi) is 8.60. The van der Waals surface area contributed by atoms with Crippen molar-refractivity contribution in [3.8, 4) is 0 Å². The number of carboxylic acids is 1. The highest BCUT2D eigenvalue weighted by atomic mass is 32.2. The minimum atomic E-state index is -1.02. The van der Waals surface area contributed by atoms with Gasteiger partial charge in [0.15, 0.2) is 0 Å². The zero-order valence-electron chi connectivity index (χ0n) is 16.9. The number of nitroso groups, excluding NO2 is 1. The molecular formula is C19H29N3O6S. The first-order valence-corrected chi connectivity index (χ1v) is 11.1. The van der Waals surface area contributed by atoms with E-state index in [1.807, 2.05) is 0 Å². The van der Waals surface area contributed by atoms with Gasteiger partial charge in [-0.2, -0.15) is 5.01 Å². The van der Waals surface area contributed by atoms with Gasteiger partial charge in [-0.25, -0.2) is 4.79 Å². The SMILES string of the molecule is C[C@H](CSC(=O)[C@@H](C)N(N=O)C(=O)C1CCCCC1)C(=O)N1CCC[C@H]1C(=O)O. The Labute approximate surface area is 174 Å². The highest BCUT2D eigenvalue weighted by Crippen LogP contribution is 2.27. The molecule has 2 fully saturated rings. The molecule has 0 aromatic carbocycles. The van der Waals surface area contributed by atoms with Crippen molar-refractivity contribution in [3.63, 3.8) is 0 Å². The standard InChI is InChI=1S/C19H29N3O6S/c1-12(16(23)21-10-6-9-15(21)18(25)26)11-29-19(27)13(2)22(20-28)17(24)14-7-4-3-5-8-14/h12-15H,3-11H2,1-2H3,(H,25,26)/t12-,13-,15+/m1/s1. The van der Waals surface area contributed by atoms with Crippen LogP contribution in [-0.2, 0) is 19.2 Å². The summed E-state index contributed by atoms with van der Waals surface area (Å²) >= 11 is 0.871. The van der Waals surface area contributed by atoms with Gasteiger partial charge >= 0.3 is 5.97 Å². The van der Waals surface area contributed by atoms with E-state index in [4.69, 9.17) is 0 Å². The predicted molar refractivity (Wildman–Crippen MR) is 108 cm³/mol. The molecule has 0 aromatic heterocycles. The molecule has 2 amide bonds. The second kappa shape index (κ2) is 10.7. The van der Waals surface area contributed by atoms with Crippen molar-refractivity contribution in [2.75, 3.05) is 12.3 Å². The maximum atomic E-state index is 12.6. The minimum Gasteiger partial charge on any atom is -0.480 e. The van der Waals surface area contributed by atoms with Gasteiger partial charge in [-0.05, 0) is 32.6 Å². The molecule has 9 nitrogen and oxygen atoms in total. The van der Waals surface area contributed by atoms with Crippen molar-refractivity contribution in [1.82, 2.24) is 9.91 Å². The van der Waals surface area contributed by atoms with Crippen LogP contribution in [0.3, 0.4) is 0 Å². The molecule has 1 aliphatic heterocycles. The minimum absolute atomic E-state index is 0.148. The van der Waals surface area contributed by atoms with Gasteiger partial charge in [-0.15, -0.1) is 4.91 Å². The smallest absolute Gasteiger partial charge is 0.326 e. The van der Waals surface area contributed by atoms with E-state index in [2.05, 4.69) is 5.29 Å². The van der Waals surface area contributed by atoms with E-state index in [1.165, 1.54) is 11.8 Å². The molecule has 10 heteroatoms. The normalized spacial score (nSPS) is 22.0. The zero-order valence-corrected chi connectivity index (χ0v) is 17.7. The molecular weight excluding hydrogens is 398 g/mol. The van der Waals surface area contributed by atoms with Gasteiger partial charge in [0.25, 0.3) is 0 Å². The van der Waals surface area contributed by atoms with Crippen LogP contribution in [0.2, 0.25) is 0 Å². The molecule has 1 aliphatic carbocycles. The third-order valence-electron chi connectivity index (χ3n) is 5.69. The lowest BCUT2D eigenvalue weighted by molar-refractivity contribution is -0.149. The number of rotatable bonds is 8. The molecule has 2 rings (SSSR count). The highest BCUT2D eigenvalue weighted by molar-refractivity contribution is 8.13. The van der Waals surface area contributed by atoms with E-state index in [0.29, 0.717) is 32.2 Å². The lowest BCUT2D eigenvalue weighted by Gasteiger charge is -2.27. The van der Waals surface area contributed by atoms with Gasteiger partial charge in [0.1, 0.15) is 12.1 Å². The van der Waals surface area contributed by atoms with Gasteiger partial charge in [0, 0.05) is 24.1 Å². The van der Waals surface area contributed by atoms with Crippen LogP contribution in [-0.4, -0.2) is 62.3 Å². The number of amides is 2. The van der Waals surface area contributed by atoms with Crippen molar-refractivity contribution >= 4 is 34.7 Å². The van der Waals surface area contributed by atoms with Gasteiger partial charge in [0.05, 0.1) is 5.29 Å². The first-order chi connectivity index (χ1) is 13.8. The zero-order chi connectivity index (χ0) is 21.6. The Morgan fingerprint density at radius 3 is 2.34 bits per heavy atom. The average molecular weight is 428 g/mol. The van der Waals surface area contributed by atoms with Gasteiger partial charge in [-0.3, -0.25) is 14.4 Å². The summed E-state index contributed by atoms with van der Waals surface area (Å²) < 4.78 is 0. The number of hydrogen-bond donors (Lipinski definition) is 1. The summed E-state index contributed by atoms with van der Waals surface area (Å²) in [6.07, 6.45) is 5.38. The number of nitrogens with zero attached hydrogens (tertiary/aromatic N) is 3. The van der Waals surface area contributed by atoms with Crippen molar-refractivity contribution < 1.29 is 24.3 Å². The summed E-state index contributed by atoms with van der Waals surface area (Å²) in [7, 11) is 0. The summed E-state index contributed by atoms with van der Waals surface area (Å²) in [5, 5.41) is 12.3. The van der Waals surface area contributed by atoms with E-state index in [9.17, 15) is 29.2 Å². The quantitative estimate of drug-likeness (QED) is 0.466. The number of hydrogen-bond acceptors (Lipinski definition) is 7. The molecule has 1 saturated carbocycles. The molecule has 162 valence electrons. The summed E-state index contributed by atoms with van der Waals surface area (Å²) in [6, 6.07) is -1.82. The highest BCUT2D eigenvalue weighted by Gasteiger charge is 2.37. The van der Waals surface area contributed by atoms with Crippen LogP contribution in [0.4, 0.5) is 0 Å². The van der Waals surface area contributed by atoms with Crippen LogP contribution < -0.4 is 0 Å². The van der Waals surface area contributed by atoms with Gasteiger partial charge in [-0.1, -0.05) is 37.9 Å². The number of aliphatic carboxylic acids is 1. The molecule has 29 heavy (non-hydrogen) atoms. The van der Waals surface area contributed by atoms with E-state index >= 15 is 0 Å². The molecule has 0 radical (unpaired) electrons. The van der Waals surface area contributed by atoms with Crippen LogP contribution in [0.1, 0.15) is 58.8 Å². The van der Waals surface area contributed by atoms with Crippen molar-refractivity contribution in [3.05, 3.63) is 4.91 Å². The molecule has 3 atom stereocenters. The van der Waals surface area contributed by atoms with Crippen LogP contribution >= 0.6 is 11.8 Å². The Morgan fingerprint density at radius 1 is 1.10 bits per heavy atom. The second-order valence-corrected chi connectivity index (χ2v) is 8.86. The van der Waals surface area contributed by atoms with Crippen molar-refractivity contribution in [1.29, 1.82) is 0 Å². The molecule has 1 N–H and O–H groups in total. The van der Waals surface area contributed by atoms with Crippen LogP contribution in [0.5, 0.6) is 0 Å². The van der Waals surface area contributed by atoms with Crippen molar-refractivity contribution in [2.24, 2.45) is 17.1 Å². The number of carbonyl (C=O) groups excluding carboxylic acids is 3. The first-order valence-electron chi connectivity index (χ1n) is 10.1. The fourth-order valence-corrected chi connectivity index (χ4v) is 4.81. The Hall–Kier alpha value is -1.97. The average Bonchev–Trinajstić information content (AvgIpc) is 3.22. The van der Waals surface area contributed by atoms with E-state index in [-0.39, 0.29) is 17.6 Å². The Bertz CT molecular complexity index is 652. The van der Waals surface area contributed by atoms with Gasteiger partial charge < -0.3 is 10.0 Å². The summed E-state index contributed by atoms with van der Waals surface area (Å²) in [5.74, 6) is -2.41. The second-order valence-electron chi connectivity index (χ2n) is 7.83. The molecule has 1 saturated heterocycles. The number of likely N-dealkylation sites (tertiary alicyclic amines) is 1. The van der Waals surface area contributed by atoms with E-state index < -0.39 is 35.0 Å². The maximum absolute atomic E-state index is 12.6.